The zero-order chi connectivity index (χ0) is 52.3. The van der Waals surface area contributed by atoms with Crippen LogP contribution >= 0.6 is 15.9 Å². The number of anilines is 4. The predicted molar refractivity (Wildman–Crippen MR) is 267 cm³/mol. The SMILES string of the molecule is CN1c2ccc(F)cc2C(=O)CC12CCN(C(=O)NCc1ccc(F)c(N)c1)CC2.CN1c2ccc(F)cc2C(=O)CC12CCN(C(=O)NCc1ccc(F)c(NCCC(=O)O)c1)CC2.COC(=O)CCBr. The zero-order valence-electron chi connectivity index (χ0n) is 40.3. The third-order valence-electron chi connectivity index (χ3n) is 13.8. The van der Waals surface area contributed by atoms with Crippen molar-refractivity contribution in [2.75, 3.05) is 80.1 Å². The average Bonchev–Trinajstić information content (AvgIpc) is 3.36. The van der Waals surface area contributed by atoms with E-state index in [1.54, 1.807) is 40.1 Å². The van der Waals surface area contributed by atoms with Crippen molar-refractivity contribution in [2.45, 2.75) is 75.5 Å². The molecule has 386 valence electrons. The molecule has 4 aromatic rings. The van der Waals surface area contributed by atoms with Crippen molar-refractivity contribution in [3.8, 4) is 0 Å². The van der Waals surface area contributed by atoms with E-state index in [0.717, 1.165) is 11.3 Å². The fourth-order valence-electron chi connectivity index (χ4n) is 9.44. The number of urea groups is 2. The molecule has 16 nitrogen and oxygen atoms in total. The third-order valence-corrected chi connectivity index (χ3v) is 14.2. The van der Waals surface area contributed by atoms with Gasteiger partial charge >= 0.3 is 24.0 Å². The van der Waals surface area contributed by atoms with Gasteiger partial charge in [-0.15, -0.1) is 0 Å². The molecule has 4 aliphatic rings. The zero-order valence-corrected chi connectivity index (χ0v) is 41.9. The van der Waals surface area contributed by atoms with Crippen LogP contribution in [0.3, 0.4) is 0 Å². The molecule has 0 atom stereocenters. The predicted octanol–water partition coefficient (Wildman–Crippen LogP) is 7.88. The lowest BCUT2D eigenvalue weighted by Crippen LogP contribution is -2.59. The highest BCUT2D eigenvalue weighted by atomic mass is 79.9. The normalized spacial score (nSPS) is 16.3. The van der Waals surface area contributed by atoms with Crippen LogP contribution in [-0.4, -0.2) is 121 Å². The lowest BCUT2D eigenvalue weighted by Gasteiger charge is -2.50. The molecule has 4 aliphatic heterocycles. The Morgan fingerprint density at radius 1 is 0.681 bits per heavy atom. The molecule has 4 heterocycles. The van der Waals surface area contributed by atoms with Gasteiger partial charge in [-0.05, 0) is 97.5 Å². The van der Waals surface area contributed by atoms with Crippen LogP contribution in [0.25, 0.3) is 0 Å². The fourth-order valence-corrected chi connectivity index (χ4v) is 9.77. The Morgan fingerprint density at radius 2 is 1.14 bits per heavy atom. The maximum atomic E-state index is 14.0. The van der Waals surface area contributed by atoms with Crippen LogP contribution < -0.4 is 31.5 Å². The van der Waals surface area contributed by atoms with Crippen LogP contribution in [0.2, 0.25) is 0 Å². The summed E-state index contributed by atoms with van der Waals surface area (Å²) in [5, 5.41) is 17.8. The number of fused-ring (bicyclic) bond motifs is 2. The number of halogens is 5. The van der Waals surface area contributed by atoms with Crippen LogP contribution in [-0.2, 0) is 27.4 Å². The molecule has 0 unspecified atom stereocenters. The average molecular weight is 1070 g/mol. The number of nitrogens with zero attached hydrogens (tertiary/aromatic N) is 4. The van der Waals surface area contributed by atoms with Crippen molar-refractivity contribution in [2.24, 2.45) is 0 Å². The van der Waals surface area contributed by atoms with E-state index in [0.29, 0.717) is 92.4 Å². The molecule has 0 aliphatic carbocycles. The van der Waals surface area contributed by atoms with Gasteiger partial charge in [-0.1, -0.05) is 28.1 Å². The number of nitrogen functional groups attached to an aromatic ring is 1. The number of carbonyl (C=O) groups excluding carboxylic acids is 5. The maximum Gasteiger partial charge on any atom is 0.317 e. The Kier molecular flexibility index (Phi) is 18.2. The first-order valence-electron chi connectivity index (χ1n) is 23.4. The first kappa shape index (κ1) is 54.4. The van der Waals surface area contributed by atoms with E-state index in [1.807, 2.05) is 14.1 Å². The second kappa shape index (κ2) is 24.0. The van der Waals surface area contributed by atoms with Gasteiger partial charge in [-0.25, -0.2) is 27.2 Å². The molecule has 2 saturated heterocycles. The van der Waals surface area contributed by atoms with Crippen LogP contribution in [0.1, 0.15) is 83.2 Å². The number of carboxylic acids is 1. The number of hydrogen-bond donors (Lipinski definition) is 5. The van der Waals surface area contributed by atoms with Crippen molar-refractivity contribution in [3.05, 3.63) is 118 Å². The Bertz CT molecular complexity index is 2660. The quantitative estimate of drug-likeness (QED) is 0.0445. The maximum absolute atomic E-state index is 14.0. The Morgan fingerprint density at radius 3 is 1.56 bits per heavy atom. The summed E-state index contributed by atoms with van der Waals surface area (Å²) < 4.78 is 58.7. The van der Waals surface area contributed by atoms with Gasteiger partial charge < -0.3 is 51.1 Å². The van der Waals surface area contributed by atoms with E-state index in [1.165, 1.54) is 49.6 Å². The molecule has 2 spiro atoms. The van der Waals surface area contributed by atoms with Gasteiger partial charge in [-0.3, -0.25) is 19.2 Å². The first-order chi connectivity index (χ1) is 34.3. The number of rotatable bonds is 10. The molecule has 72 heavy (non-hydrogen) atoms. The summed E-state index contributed by atoms with van der Waals surface area (Å²) in [7, 11) is 5.22. The van der Waals surface area contributed by atoms with Crippen molar-refractivity contribution in [3.63, 3.8) is 0 Å². The van der Waals surface area contributed by atoms with E-state index >= 15 is 0 Å². The summed E-state index contributed by atoms with van der Waals surface area (Å²) in [5.74, 6) is -3.13. The summed E-state index contributed by atoms with van der Waals surface area (Å²) in [5.41, 5.74) is 8.67. The topological polar surface area (TPSA) is 207 Å². The van der Waals surface area contributed by atoms with Gasteiger partial charge in [0.05, 0.1) is 42.4 Å². The minimum atomic E-state index is -0.980. The number of amides is 4. The van der Waals surface area contributed by atoms with Gasteiger partial charge in [0.2, 0.25) is 0 Å². The van der Waals surface area contributed by atoms with Crippen LogP contribution in [0.15, 0.2) is 72.8 Å². The van der Waals surface area contributed by atoms with Gasteiger partial charge in [0, 0.05) is 101 Å². The number of carbonyl (C=O) groups is 6. The number of hydrogen-bond acceptors (Lipinski definition) is 11. The summed E-state index contributed by atoms with van der Waals surface area (Å²) in [6.45, 7) is 2.47. The molecule has 21 heteroatoms. The molecule has 4 amide bonds. The molecule has 0 aromatic heterocycles. The van der Waals surface area contributed by atoms with E-state index in [4.69, 9.17) is 10.8 Å². The van der Waals surface area contributed by atoms with Crippen LogP contribution in [0.4, 0.5) is 49.9 Å². The molecule has 2 fully saturated rings. The molecule has 0 bridgehead atoms. The summed E-state index contributed by atoms with van der Waals surface area (Å²) >= 11 is 3.09. The standard InChI is InChI=1S/C25H28F2N4O4.C22H24F2N4O2.C4H7BrO2/c1-30-21-5-3-17(26)13-18(21)22(32)14-25(30)7-10-31(11-8-25)24(35)29-15-16-2-4-19(27)20(12-16)28-9-6-23(33)34;1-27-19-5-3-15(23)11-16(19)20(29)12-22(27)6-8-28(9-7-22)21(30)26-13-14-2-4-17(24)18(25)10-14;1-7-4(6)2-3-5/h2-5,12-13,28H,6-11,14-15H2,1H3,(H,29,35)(H,33,34);2-5,10-11H,6-9,12-13,25H2,1H3,(H,26,30);2-3H2,1H3. The van der Waals surface area contributed by atoms with E-state index < -0.39 is 34.8 Å². The van der Waals surface area contributed by atoms with Crippen molar-refractivity contribution < 1.29 is 56.2 Å². The Balaban J connectivity index is 0.000000210. The van der Waals surface area contributed by atoms with Crippen molar-refractivity contribution in [1.29, 1.82) is 0 Å². The molecular formula is C51H59BrF4N8O8. The fraction of sp³-hybridized carbons (Fsp3) is 0.412. The molecule has 6 N–H and O–H groups in total. The largest absolute Gasteiger partial charge is 0.481 e. The minimum absolute atomic E-state index is 0.0480. The number of likely N-dealkylation sites (tertiary alicyclic amines) is 2. The monoisotopic (exact) mass is 1070 g/mol. The number of esters is 1. The third kappa shape index (κ3) is 13.1. The number of piperidine rings is 2. The highest BCUT2D eigenvalue weighted by Crippen LogP contribution is 2.43. The van der Waals surface area contributed by atoms with Gasteiger partial charge in [-0.2, -0.15) is 0 Å². The number of benzene rings is 4. The summed E-state index contributed by atoms with van der Waals surface area (Å²) in [4.78, 5) is 79.1. The Labute approximate surface area is 423 Å². The molecule has 4 aromatic carbocycles. The van der Waals surface area contributed by atoms with Gasteiger partial charge in [0.1, 0.15) is 23.3 Å². The summed E-state index contributed by atoms with van der Waals surface area (Å²) in [6, 6.07) is 16.9. The van der Waals surface area contributed by atoms with Gasteiger partial charge in [0.25, 0.3) is 0 Å². The minimum Gasteiger partial charge on any atom is -0.481 e. The number of ether oxygens (including phenoxy) is 1. The van der Waals surface area contributed by atoms with Gasteiger partial charge in [0.15, 0.2) is 11.6 Å². The smallest absolute Gasteiger partial charge is 0.317 e. The van der Waals surface area contributed by atoms with Crippen molar-refractivity contribution in [1.82, 2.24) is 20.4 Å². The number of carboxylic acid groups (broad SMARTS) is 1. The lowest BCUT2D eigenvalue weighted by atomic mass is 9.77. The molecule has 8 rings (SSSR count). The summed E-state index contributed by atoms with van der Waals surface area (Å²) in [6.07, 6.45) is 3.40. The van der Waals surface area contributed by atoms with Crippen LogP contribution in [0.5, 0.6) is 0 Å². The van der Waals surface area contributed by atoms with E-state index in [2.05, 4.69) is 46.4 Å². The van der Waals surface area contributed by atoms with E-state index in [9.17, 15) is 46.3 Å². The number of Topliss-reactive ketones (excluding diaryl/α,β-unsaturated/α-hetero) is 2. The van der Waals surface area contributed by atoms with E-state index in [-0.39, 0.29) is 79.0 Å². The number of methoxy groups -OCH3 is 1. The highest BCUT2D eigenvalue weighted by Gasteiger charge is 2.46. The number of nitrogens with two attached hydrogens (primary N) is 1. The Hall–Kier alpha value is -6.90. The number of aliphatic carboxylic acids is 1. The lowest BCUT2D eigenvalue weighted by molar-refractivity contribution is -0.140. The second-order valence-electron chi connectivity index (χ2n) is 18.1. The molecule has 0 saturated carbocycles. The second-order valence-corrected chi connectivity index (χ2v) is 18.9. The molecular weight excluding hydrogens is 1010 g/mol. The molecule has 0 radical (unpaired) electrons. The number of ketones is 2. The van der Waals surface area contributed by atoms with Crippen molar-refractivity contribution >= 4 is 74.2 Å². The number of alkyl halides is 1. The highest BCUT2D eigenvalue weighted by molar-refractivity contribution is 9.09. The number of nitrogens with one attached hydrogen (secondary N) is 3. The first-order valence-corrected chi connectivity index (χ1v) is 24.5. The van der Waals surface area contributed by atoms with Crippen LogP contribution in [0, 0.1) is 23.3 Å².